The molecule has 114 valence electrons. The van der Waals surface area contributed by atoms with Crippen molar-refractivity contribution in [3.05, 3.63) is 42.2 Å². The maximum Gasteiger partial charge on any atom is 0.138 e. The molecule has 0 amide bonds. The van der Waals surface area contributed by atoms with Crippen molar-refractivity contribution in [1.82, 2.24) is 9.97 Å². The number of para-hydroxylation sites is 1. The molecule has 0 saturated carbocycles. The normalized spacial score (nSPS) is 20.2. The average molecular weight is 296 g/mol. The zero-order chi connectivity index (χ0) is 14.8. The molecule has 0 bridgehead atoms. The van der Waals surface area contributed by atoms with Crippen LogP contribution >= 0.6 is 0 Å². The number of hydrogen-bond donors (Lipinski definition) is 1. The molecule has 1 N–H and O–H groups in total. The second-order valence-electron chi connectivity index (χ2n) is 5.81. The van der Waals surface area contributed by atoms with Crippen molar-refractivity contribution in [3.63, 3.8) is 0 Å². The number of fused-ring (bicyclic) bond motifs is 1. The Balaban J connectivity index is 1.50. The molecule has 1 fully saturated rings. The molecule has 3 heterocycles. The molecule has 2 aliphatic rings. The van der Waals surface area contributed by atoms with Gasteiger partial charge in [-0.1, -0.05) is 18.2 Å². The zero-order valence-corrected chi connectivity index (χ0v) is 12.5. The first-order valence-corrected chi connectivity index (χ1v) is 7.93. The first-order chi connectivity index (χ1) is 10.9. The first-order valence-electron chi connectivity index (χ1n) is 7.93. The van der Waals surface area contributed by atoms with Gasteiger partial charge in [0.25, 0.3) is 0 Å². The van der Waals surface area contributed by atoms with Gasteiger partial charge in [-0.3, -0.25) is 0 Å². The van der Waals surface area contributed by atoms with Crippen LogP contribution in [0.5, 0.6) is 0 Å². The number of nitrogens with one attached hydrogen (secondary N) is 1. The number of aromatic nitrogens is 2. The predicted octanol–water partition coefficient (Wildman–Crippen LogP) is 2.76. The maximum absolute atomic E-state index is 5.63. The molecule has 0 radical (unpaired) electrons. The number of hydrogen-bond acceptors (Lipinski definition) is 5. The van der Waals surface area contributed by atoms with Crippen LogP contribution in [-0.2, 0) is 11.2 Å². The highest BCUT2D eigenvalue weighted by Gasteiger charge is 2.21. The minimum absolute atomic E-state index is 0.311. The summed E-state index contributed by atoms with van der Waals surface area (Å²) in [6.07, 6.45) is 5.30. The third-order valence-corrected chi connectivity index (χ3v) is 4.35. The van der Waals surface area contributed by atoms with Crippen molar-refractivity contribution < 1.29 is 4.74 Å². The van der Waals surface area contributed by atoms with Gasteiger partial charge in [-0.05, 0) is 30.9 Å². The van der Waals surface area contributed by atoms with Gasteiger partial charge in [-0.2, -0.15) is 0 Å². The third-order valence-electron chi connectivity index (χ3n) is 4.35. The predicted molar refractivity (Wildman–Crippen MR) is 86.6 cm³/mol. The fraction of sp³-hybridized carbons (Fsp3) is 0.412. The van der Waals surface area contributed by atoms with Crippen LogP contribution in [0, 0.1) is 0 Å². The van der Waals surface area contributed by atoms with E-state index in [2.05, 4.69) is 44.5 Å². The smallest absolute Gasteiger partial charge is 0.138 e. The summed E-state index contributed by atoms with van der Waals surface area (Å²) in [6.45, 7) is 2.67. The number of anilines is 3. The average Bonchev–Trinajstić information content (AvgIpc) is 3.23. The molecule has 2 aliphatic heterocycles. The molecule has 5 heteroatoms. The lowest BCUT2D eigenvalue weighted by molar-refractivity contribution is 0.120. The maximum atomic E-state index is 5.63. The summed E-state index contributed by atoms with van der Waals surface area (Å²) in [5, 5.41) is 3.37. The van der Waals surface area contributed by atoms with Crippen molar-refractivity contribution in [2.24, 2.45) is 0 Å². The molecule has 1 aromatic heterocycles. The monoisotopic (exact) mass is 296 g/mol. The van der Waals surface area contributed by atoms with E-state index >= 15 is 0 Å². The largest absolute Gasteiger partial charge is 0.376 e. The van der Waals surface area contributed by atoms with E-state index in [1.54, 1.807) is 6.33 Å². The number of rotatable bonds is 4. The molecule has 2 aromatic rings. The molecule has 1 unspecified atom stereocenters. The molecular formula is C17H20N4O. The topological polar surface area (TPSA) is 50.3 Å². The molecule has 1 atom stereocenters. The SMILES string of the molecule is c1ccc2c(c1)CCN2c1cc(NCC2CCCO2)ncn1. The fourth-order valence-corrected chi connectivity index (χ4v) is 3.19. The van der Waals surface area contributed by atoms with Crippen LogP contribution in [0.3, 0.4) is 0 Å². The minimum Gasteiger partial charge on any atom is -0.376 e. The lowest BCUT2D eigenvalue weighted by atomic mass is 10.2. The second kappa shape index (κ2) is 5.93. The fourth-order valence-electron chi connectivity index (χ4n) is 3.19. The van der Waals surface area contributed by atoms with Crippen molar-refractivity contribution >= 4 is 17.3 Å². The Hall–Kier alpha value is -2.14. The third kappa shape index (κ3) is 2.64. The lowest BCUT2D eigenvalue weighted by Gasteiger charge is -2.19. The Bertz CT molecular complexity index is 655. The highest BCUT2D eigenvalue weighted by molar-refractivity contribution is 5.68. The first kappa shape index (κ1) is 13.5. The van der Waals surface area contributed by atoms with Gasteiger partial charge in [-0.25, -0.2) is 9.97 Å². The molecule has 1 aromatic carbocycles. The Morgan fingerprint density at radius 3 is 3.14 bits per heavy atom. The van der Waals surface area contributed by atoms with E-state index in [9.17, 15) is 0 Å². The molecule has 0 aliphatic carbocycles. The van der Waals surface area contributed by atoms with Crippen LogP contribution in [0.1, 0.15) is 18.4 Å². The van der Waals surface area contributed by atoms with Crippen molar-refractivity contribution in [2.45, 2.75) is 25.4 Å². The van der Waals surface area contributed by atoms with Crippen LogP contribution in [0.25, 0.3) is 0 Å². The van der Waals surface area contributed by atoms with Crippen LogP contribution in [0.4, 0.5) is 17.3 Å². The number of ether oxygens (including phenoxy) is 1. The standard InChI is InChI=1S/C17H20N4O/c1-2-6-15-13(4-1)7-8-21(15)17-10-16(19-12-20-17)18-11-14-5-3-9-22-14/h1-2,4,6,10,12,14H,3,5,7-9,11H2,(H,18,19,20). The molecule has 1 saturated heterocycles. The summed E-state index contributed by atoms with van der Waals surface area (Å²) in [5.41, 5.74) is 2.64. The van der Waals surface area contributed by atoms with Crippen LogP contribution in [-0.4, -0.2) is 35.8 Å². The summed E-state index contributed by atoms with van der Waals surface area (Å²) < 4.78 is 5.63. The summed E-state index contributed by atoms with van der Waals surface area (Å²) in [7, 11) is 0. The highest BCUT2D eigenvalue weighted by atomic mass is 16.5. The van der Waals surface area contributed by atoms with Gasteiger partial charge in [0.05, 0.1) is 6.10 Å². The Morgan fingerprint density at radius 1 is 1.27 bits per heavy atom. The molecule has 4 rings (SSSR count). The lowest BCUT2D eigenvalue weighted by Crippen LogP contribution is -2.20. The zero-order valence-electron chi connectivity index (χ0n) is 12.5. The van der Waals surface area contributed by atoms with Crippen molar-refractivity contribution in [1.29, 1.82) is 0 Å². The van der Waals surface area contributed by atoms with Gasteiger partial charge in [0.2, 0.25) is 0 Å². The molecule has 22 heavy (non-hydrogen) atoms. The minimum atomic E-state index is 0.311. The van der Waals surface area contributed by atoms with Gasteiger partial charge in [0, 0.05) is 31.5 Å². The van der Waals surface area contributed by atoms with Crippen molar-refractivity contribution in [2.75, 3.05) is 29.9 Å². The van der Waals surface area contributed by atoms with Gasteiger partial charge in [0.15, 0.2) is 0 Å². The van der Waals surface area contributed by atoms with Gasteiger partial charge in [0.1, 0.15) is 18.0 Å². The number of benzene rings is 1. The van der Waals surface area contributed by atoms with Crippen molar-refractivity contribution in [3.8, 4) is 0 Å². The highest BCUT2D eigenvalue weighted by Crippen LogP contribution is 2.33. The van der Waals surface area contributed by atoms with Crippen LogP contribution < -0.4 is 10.2 Å². The Labute approximate surface area is 130 Å². The van der Waals surface area contributed by atoms with E-state index in [0.29, 0.717) is 6.10 Å². The van der Waals surface area contributed by atoms with Gasteiger partial charge < -0.3 is 15.0 Å². The van der Waals surface area contributed by atoms with Gasteiger partial charge >= 0.3 is 0 Å². The Kier molecular flexibility index (Phi) is 3.64. The summed E-state index contributed by atoms with van der Waals surface area (Å²) in [4.78, 5) is 11.0. The molecular weight excluding hydrogens is 276 g/mol. The van der Waals surface area contributed by atoms with E-state index in [1.165, 1.54) is 11.3 Å². The summed E-state index contributed by atoms with van der Waals surface area (Å²) in [6, 6.07) is 10.5. The van der Waals surface area contributed by atoms with Gasteiger partial charge in [-0.15, -0.1) is 0 Å². The second-order valence-corrected chi connectivity index (χ2v) is 5.81. The van der Waals surface area contributed by atoms with E-state index in [0.717, 1.165) is 50.6 Å². The van der Waals surface area contributed by atoms with Crippen LogP contribution in [0.2, 0.25) is 0 Å². The van der Waals surface area contributed by atoms with E-state index in [4.69, 9.17) is 4.74 Å². The van der Waals surface area contributed by atoms with E-state index in [1.807, 2.05) is 6.07 Å². The van der Waals surface area contributed by atoms with Crippen LogP contribution in [0.15, 0.2) is 36.7 Å². The summed E-state index contributed by atoms with van der Waals surface area (Å²) in [5.74, 6) is 1.82. The van der Waals surface area contributed by atoms with E-state index in [-0.39, 0.29) is 0 Å². The quantitative estimate of drug-likeness (QED) is 0.940. The van der Waals surface area contributed by atoms with E-state index < -0.39 is 0 Å². The Morgan fingerprint density at radius 2 is 2.23 bits per heavy atom. The molecule has 0 spiro atoms. The molecule has 5 nitrogen and oxygen atoms in total. The summed E-state index contributed by atoms with van der Waals surface area (Å²) >= 11 is 0. The number of nitrogens with zero attached hydrogens (tertiary/aromatic N) is 3.